The third kappa shape index (κ3) is 3.66. The summed E-state index contributed by atoms with van der Waals surface area (Å²) in [4.78, 5) is 11.9. The van der Waals surface area contributed by atoms with Crippen molar-refractivity contribution in [3.8, 4) is 0 Å². The number of hydrogen-bond donors (Lipinski definition) is 1. The van der Waals surface area contributed by atoms with Crippen LogP contribution in [-0.4, -0.2) is 23.5 Å². The number of carbonyl (C=O) groups excluding carboxylic acids is 1. The molecule has 2 rings (SSSR count). The highest BCUT2D eigenvalue weighted by atomic mass is 79.9. The van der Waals surface area contributed by atoms with Crippen LogP contribution in [0.2, 0.25) is 0 Å². The van der Waals surface area contributed by atoms with E-state index in [0.29, 0.717) is 0 Å². The van der Waals surface area contributed by atoms with Crippen LogP contribution in [0, 0.1) is 0 Å². The molecule has 1 unspecified atom stereocenters. The van der Waals surface area contributed by atoms with Crippen molar-refractivity contribution in [3.05, 3.63) is 33.8 Å². The van der Waals surface area contributed by atoms with Crippen LogP contribution in [0.25, 0.3) is 0 Å². The van der Waals surface area contributed by atoms with Gasteiger partial charge in [-0.1, -0.05) is 15.9 Å². The van der Waals surface area contributed by atoms with Crippen LogP contribution in [0.1, 0.15) is 22.3 Å². The number of benzene rings is 1. The van der Waals surface area contributed by atoms with Crippen LogP contribution in [0.4, 0.5) is 13.2 Å². The van der Waals surface area contributed by atoms with Gasteiger partial charge in [-0.25, -0.2) is 0 Å². The first-order valence-corrected chi connectivity index (χ1v) is 7.58. The molecule has 0 saturated carbocycles. The number of hydrogen-bond acceptors (Lipinski definition) is 2. The average molecular weight is 354 g/mol. The van der Waals surface area contributed by atoms with E-state index in [1.807, 2.05) is 0 Å². The van der Waals surface area contributed by atoms with Gasteiger partial charge in [0.2, 0.25) is 0 Å². The third-order valence-electron chi connectivity index (χ3n) is 2.80. The molecule has 104 valence electrons. The Morgan fingerprint density at radius 1 is 1.42 bits per heavy atom. The Hall–Kier alpha value is -0.690. The molecule has 19 heavy (non-hydrogen) atoms. The van der Waals surface area contributed by atoms with Crippen molar-refractivity contribution in [2.75, 3.05) is 11.5 Å². The highest BCUT2D eigenvalue weighted by Crippen LogP contribution is 2.35. The Kier molecular flexibility index (Phi) is 4.45. The molecular formula is C12H11BrF3NOS. The molecule has 0 aromatic heterocycles. The average Bonchev–Trinajstić information content (AvgIpc) is 2.80. The number of amides is 1. The maximum atomic E-state index is 12.7. The first-order chi connectivity index (χ1) is 8.88. The highest BCUT2D eigenvalue weighted by Gasteiger charge is 2.33. The quantitative estimate of drug-likeness (QED) is 0.878. The Labute approximate surface area is 121 Å². The maximum Gasteiger partial charge on any atom is 0.417 e. The zero-order valence-electron chi connectivity index (χ0n) is 9.76. The van der Waals surface area contributed by atoms with Gasteiger partial charge in [-0.3, -0.25) is 4.79 Å². The number of thioether (sulfide) groups is 1. The van der Waals surface area contributed by atoms with Crippen molar-refractivity contribution in [3.63, 3.8) is 0 Å². The van der Waals surface area contributed by atoms with E-state index in [1.54, 1.807) is 11.8 Å². The van der Waals surface area contributed by atoms with E-state index in [-0.39, 0.29) is 16.1 Å². The molecule has 1 atom stereocenters. The molecule has 0 radical (unpaired) electrons. The van der Waals surface area contributed by atoms with E-state index in [0.717, 1.165) is 24.0 Å². The second-order valence-corrected chi connectivity index (χ2v) is 6.23. The molecule has 1 heterocycles. The molecule has 1 saturated heterocycles. The number of carbonyl (C=O) groups is 1. The molecule has 1 fully saturated rings. The highest BCUT2D eigenvalue weighted by molar-refractivity contribution is 9.10. The zero-order chi connectivity index (χ0) is 14.0. The van der Waals surface area contributed by atoms with Crippen molar-refractivity contribution in [1.82, 2.24) is 5.32 Å². The number of halogens is 4. The molecule has 1 aliphatic heterocycles. The summed E-state index contributed by atoms with van der Waals surface area (Å²) >= 11 is 4.58. The van der Waals surface area contributed by atoms with Gasteiger partial charge >= 0.3 is 6.18 Å². The fourth-order valence-electron chi connectivity index (χ4n) is 1.80. The standard InChI is InChI=1S/C12H11BrF3NOS/c13-10-2-1-7(5-9(10)12(14,15)16)11(18)17-8-3-4-19-6-8/h1-2,5,8H,3-4,6H2,(H,17,18). The lowest BCUT2D eigenvalue weighted by atomic mass is 10.1. The Morgan fingerprint density at radius 2 is 2.16 bits per heavy atom. The summed E-state index contributed by atoms with van der Waals surface area (Å²) in [5, 5.41) is 2.75. The van der Waals surface area contributed by atoms with E-state index in [1.165, 1.54) is 12.1 Å². The third-order valence-corrected chi connectivity index (χ3v) is 4.65. The summed E-state index contributed by atoms with van der Waals surface area (Å²) in [5.41, 5.74) is -0.798. The fraction of sp³-hybridized carbons (Fsp3) is 0.417. The monoisotopic (exact) mass is 353 g/mol. The second kappa shape index (κ2) is 5.75. The fourth-order valence-corrected chi connectivity index (χ4v) is 3.42. The molecule has 1 aromatic rings. The SMILES string of the molecule is O=C(NC1CCSC1)c1ccc(Br)c(C(F)(F)F)c1. The van der Waals surface area contributed by atoms with Gasteiger partial charge in [0, 0.05) is 21.8 Å². The number of rotatable bonds is 2. The second-order valence-electron chi connectivity index (χ2n) is 4.23. The van der Waals surface area contributed by atoms with Gasteiger partial charge in [0.05, 0.1) is 5.56 Å². The summed E-state index contributed by atoms with van der Waals surface area (Å²) in [6, 6.07) is 3.56. The molecular weight excluding hydrogens is 343 g/mol. The molecule has 2 nitrogen and oxygen atoms in total. The lowest BCUT2D eigenvalue weighted by molar-refractivity contribution is -0.138. The Balaban J connectivity index is 2.18. The van der Waals surface area contributed by atoms with Gasteiger partial charge in [-0.05, 0) is 30.4 Å². The molecule has 7 heteroatoms. The topological polar surface area (TPSA) is 29.1 Å². The molecule has 0 spiro atoms. The molecule has 1 aromatic carbocycles. The van der Waals surface area contributed by atoms with Crippen molar-refractivity contribution >= 4 is 33.6 Å². The minimum atomic E-state index is -4.47. The predicted octanol–water partition coefficient (Wildman–Crippen LogP) is 3.70. The van der Waals surface area contributed by atoms with E-state index >= 15 is 0 Å². The Bertz CT molecular complexity index is 486. The summed E-state index contributed by atoms with van der Waals surface area (Å²) in [6.07, 6.45) is -3.61. The van der Waals surface area contributed by atoms with Crippen LogP contribution in [0.5, 0.6) is 0 Å². The number of alkyl halides is 3. The van der Waals surface area contributed by atoms with Crippen LogP contribution in [0.3, 0.4) is 0 Å². The summed E-state index contributed by atoms with van der Waals surface area (Å²) in [5.74, 6) is 1.33. The summed E-state index contributed by atoms with van der Waals surface area (Å²) in [6.45, 7) is 0. The molecule has 1 amide bonds. The molecule has 0 bridgehead atoms. The van der Waals surface area contributed by atoms with Crippen LogP contribution < -0.4 is 5.32 Å². The van der Waals surface area contributed by atoms with Crippen molar-refractivity contribution in [2.24, 2.45) is 0 Å². The normalized spacial score (nSPS) is 19.5. The van der Waals surface area contributed by atoms with Crippen LogP contribution in [0.15, 0.2) is 22.7 Å². The maximum absolute atomic E-state index is 12.7. The summed E-state index contributed by atoms with van der Waals surface area (Å²) in [7, 11) is 0. The van der Waals surface area contributed by atoms with Gasteiger partial charge in [0.25, 0.3) is 5.91 Å². The van der Waals surface area contributed by atoms with Gasteiger partial charge in [0.1, 0.15) is 0 Å². The van der Waals surface area contributed by atoms with E-state index < -0.39 is 17.6 Å². The lowest BCUT2D eigenvalue weighted by Crippen LogP contribution is -2.34. The van der Waals surface area contributed by atoms with E-state index in [2.05, 4.69) is 21.2 Å². The van der Waals surface area contributed by atoms with Crippen molar-refractivity contribution < 1.29 is 18.0 Å². The lowest BCUT2D eigenvalue weighted by Gasteiger charge is -2.14. The first-order valence-electron chi connectivity index (χ1n) is 5.63. The minimum absolute atomic E-state index is 0.0347. The van der Waals surface area contributed by atoms with Gasteiger partial charge in [-0.2, -0.15) is 24.9 Å². The van der Waals surface area contributed by atoms with E-state index in [9.17, 15) is 18.0 Å². The molecule has 1 N–H and O–H groups in total. The van der Waals surface area contributed by atoms with Crippen LogP contribution >= 0.6 is 27.7 Å². The van der Waals surface area contributed by atoms with Crippen molar-refractivity contribution in [2.45, 2.75) is 18.6 Å². The molecule has 0 aliphatic carbocycles. The Morgan fingerprint density at radius 3 is 2.74 bits per heavy atom. The zero-order valence-corrected chi connectivity index (χ0v) is 12.2. The predicted molar refractivity (Wildman–Crippen MR) is 72.3 cm³/mol. The minimum Gasteiger partial charge on any atom is -0.348 e. The van der Waals surface area contributed by atoms with Crippen LogP contribution in [-0.2, 0) is 6.18 Å². The van der Waals surface area contributed by atoms with Crippen molar-refractivity contribution in [1.29, 1.82) is 0 Å². The number of nitrogens with one attached hydrogen (secondary N) is 1. The summed E-state index contributed by atoms with van der Waals surface area (Å²) < 4.78 is 38.1. The smallest absolute Gasteiger partial charge is 0.348 e. The largest absolute Gasteiger partial charge is 0.417 e. The van der Waals surface area contributed by atoms with Gasteiger partial charge in [-0.15, -0.1) is 0 Å². The molecule has 1 aliphatic rings. The first kappa shape index (κ1) is 14.7. The van der Waals surface area contributed by atoms with Gasteiger partial charge < -0.3 is 5.32 Å². The van der Waals surface area contributed by atoms with Gasteiger partial charge in [0.15, 0.2) is 0 Å². The van der Waals surface area contributed by atoms with E-state index in [4.69, 9.17) is 0 Å².